The fourth-order valence-electron chi connectivity index (χ4n) is 3.49. The predicted molar refractivity (Wildman–Crippen MR) is 130 cm³/mol. The van der Waals surface area contributed by atoms with E-state index in [0.717, 1.165) is 5.56 Å². The smallest absolute Gasteiger partial charge is 0.319 e. The van der Waals surface area contributed by atoms with Crippen LogP contribution >= 0.6 is 0 Å². The van der Waals surface area contributed by atoms with Gasteiger partial charge in [0.05, 0.1) is 16.9 Å². The van der Waals surface area contributed by atoms with Crippen molar-refractivity contribution in [2.75, 3.05) is 12.4 Å². The SMILES string of the molecule is COc1ccccc1-c1ccccc1S(=O)(=O)c1ccc(NC(=O)NCc2ccncc2)cc1. The summed E-state index contributed by atoms with van der Waals surface area (Å²) in [5.74, 6) is 0.586. The van der Waals surface area contributed by atoms with Crippen molar-refractivity contribution in [3.8, 4) is 16.9 Å². The maximum absolute atomic E-state index is 13.5. The number of amides is 2. The Morgan fingerprint density at radius 1 is 0.853 bits per heavy atom. The molecule has 0 spiro atoms. The fourth-order valence-corrected chi connectivity index (χ4v) is 4.97. The molecule has 0 aliphatic heterocycles. The number of para-hydroxylation sites is 1. The molecular weight excluding hydrogens is 450 g/mol. The second-order valence-corrected chi connectivity index (χ2v) is 9.31. The minimum atomic E-state index is -3.82. The summed E-state index contributed by atoms with van der Waals surface area (Å²) in [6.07, 6.45) is 3.31. The third kappa shape index (κ3) is 5.07. The van der Waals surface area contributed by atoms with Crippen LogP contribution in [0, 0.1) is 0 Å². The quantitative estimate of drug-likeness (QED) is 0.397. The van der Waals surface area contributed by atoms with E-state index >= 15 is 0 Å². The van der Waals surface area contributed by atoms with Crippen LogP contribution in [0.5, 0.6) is 5.75 Å². The number of carbonyl (C=O) groups excluding carboxylic acids is 1. The highest BCUT2D eigenvalue weighted by atomic mass is 32.2. The first-order valence-electron chi connectivity index (χ1n) is 10.5. The molecule has 8 heteroatoms. The number of hydrogen-bond acceptors (Lipinski definition) is 5. The van der Waals surface area contributed by atoms with Crippen molar-refractivity contribution in [2.45, 2.75) is 16.3 Å². The summed E-state index contributed by atoms with van der Waals surface area (Å²) in [4.78, 5) is 16.4. The maximum atomic E-state index is 13.5. The Morgan fingerprint density at radius 2 is 1.50 bits per heavy atom. The largest absolute Gasteiger partial charge is 0.496 e. The van der Waals surface area contributed by atoms with Crippen LogP contribution in [0.4, 0.5) is 10.5 Å². The van der Waals surface area contributed by atoms with Gasteiger partial charge in [0.1, 0.15) is 5.75 Å². The van der Waals surface area contributed by atoms with E-state index in [-0.39, 0.29) is 9.79 Å². The number of sulfone groups is 1. The zero-order chi connectivity index (χ0) is 24.0. The molecule has 4 aromatic rings. The van der Waals surface area contributed by atoms with Crippen LogP contribution in [0.15, 0.2) is 107 Å². The lowest BCUT2D eigenvalue weighted by Gasteiger charge is -2.14. The van der Waals surface area contributed by atoms with Crippen molar-refractivity contribution in [1.29, 1.82) is 0 Å². The number of methoxy groups -OCH3 is 1. The summed E-state index contributed by atoms with van der Waals surface area (Å²) < 4.78 is 32.4. The van der Waals surface area contributed by atoms with Crippen molar-refractivity contribution in [1.82, 2.24) is 10.3 Å². The molecule has 1 aromatic heterocycles. The number of hydrogen-bond donors (Lipinski definition) is 2. The predicted octanol–water partition coefficient (Wildman–Crippen LogP) is 4.91. The number of carbonyl (C=O) groups is 1. The van der Waals surface area contributed by atoms with Gasteiger partial charge in [0, 0.05) is 35.8 Å². The summed E-state index contributed by atoms with van der Waals surface area (Å²) >= 11 is 0. The van der Waals surface area contributed by atoms with Crippen molar-refractivity contribution in [3.05, 3.63) is 103 Å². The number of nitrogens with zero attached hydrogens (tertiary/aromatic N) is 1. The molecule has 0 saturated heterocycles. The lowest BCUT2D eigenvalue weighted by atomic mass is 10.0. The van der Waals surface area contributed by atoms with Crippen molar-refractivity contribution < 1.29 is 17.9 Å². The van der Waals surface area contributed by atoms with Crippen LogP contribution in [0.1, 0.15) is 5.56 Å². The molecule has 1 heterocycles. The molecule has 0 bridgehead atoms. The molecule has 4 rings (SSSR count). The highest BCUT2D eigenvalue weighted by Gasteiger charge is 2.23. The van der Waals surface area contributed by atoms with Gasteiger partial charge in [-0.2, -0.15) is 0 Å². The minimum Gasteiger partial charge on any atom is -0.496 e. The zero-order valence-electron chi connectivity index (χ0n) is 18.4. The molecular formula is C26H23N3O4S. The molecule has 0 unspecified atom stereocenters. The van der Waals surface area contributed by atoms with Gasteiger partial charge in [-0.25, -0.2) is 13.2 Å². The van der Waals surface area contributed by atoms with Gasteiger partial charge in [-0.3, -0.25) is 4.98 Å². The second-order valence-electron chi connectivity index (χ2n) is 7.39. The molecule has 172 valence electrons. The van der Waals surface area contributed by atoms with E-state index in [1.807, 2.05) is 30.3 Å². The van der Waals surface area contributed by atoms with Gasteiger partial charge >= 0.3 is 6.03 Å². The average molecular weight is 474 g/mol. The van der Waals surface area contributed by atoms with Crippen LogP contribution in [0.25, 0.3) is 11.1 Å². The van der Waals surface area contributed by atoms with Crippen molar-refractivity contribution in [2.24, 2.45) is 0 Å². The fraction of sp³-hybridized carbons (Fsp3) is 0.0769. The van der Waals surface area contributed by atoms with Gasteiger partial charge in [-0.05, 0) is 54.1 Å². The third-order valence-electron chi connectivity index (χ3n) is 5.20. The van der Waals surface area contributed by atoms with E-state index in [4.69, 9.17) is 4.74 Å². The Labute approximate surface area is 198 Å². The first-order valence-corrected chi connectivity index (χ1v) is 12.0. The van der Waals surface area contributed by atoms with Crippen LogP contribution in [-0.2, 0) is 16.4 Å². The summed E-state index contributed by atoms with van der Waals surface area (Å²) in [5.41, 5.74) is 2.63. The Kier molecular flexibility index (Phi) is 6.89. The van der Waals surface area contributed by atoms with Gasteiger partial charge in [0.15, 0.2) is 0 Å². The highest BCUT2D eigenvalue weighted by molar-refractivity contribution is 7.91. The molecule has 0 atom stereocenters. The summed E-state index contributed by atoms with van der Waals surface area (Å²) in [7, 11) is -2.27. The minimum absolute atomic E-state index is 0.123. The van der Waals surface area contributed by atoms with E-state index in [1.165, 1.54) is 12.1 Å². The standard InChI is InChI=1S/C26H23N3O4S/c1-33-24-8-4-2-6-22(24)23-7-3-5-9-25(23)34(31,32)21-12-10-20(11-13-21)29-26(30)28-18-19-14-16-27-17-15-19/h2-17H,18H2,1H3,(H2,28,29,30). The molecule has 0 radical (unpaired) electrons. The maximum Gasteiger partial charge on any atom is 0.319 e. The Bertz CT molecular complexity index is 1390. The number of rotatable bonds is 7. The number of pyridine rings is 1. The molecule has 0 aliphatic rings. The Balaban J connectivity index is 1.54. The molecule has 2 N–H and O–H groups in total. The monoisotopic (exact) mass is 473 g/mol. The summed E-state index contributed by atoms with van der Waals surface area (Å²) in [6, 6.07) is 23.4. The third-order valence-corrected chi connectivity index (χ3v) is 7.03. The number of aromatic nitrogens is 1. The zero-order valence-corrected chi connectivity index (χ0v) is 19.2. The van der Waals surface area contributed by atoms with E-state index < -0.39 is 15.9 Å². The molecule has 0 aliphatic carbocycles. The van der Waals surface area contributed by atoms with Crippen LogP contribution in [0.3, 0.4) is 0 Å². The molecule has 34 heavy (non-hydrogen) atoms. The van der Waals surface area contributed by atoms with Gasteiger partial charge in [0.2, 0.25) is 9.84 Å². The van der Waals surface area contributed by atoms with E-state index in [1.54, 1.807) is 62.0 Å². The number of urea groups is 1. The van der Waals surface area contributed by atoms with Gasteiger partial charge in [-0.1, -0.05) is 36.4 Å². The lowest BCUT2D eigenvalue weighted by molar-refractivity contribution is 0.251. The van der Waals surface area contributed by atoms with E-state index in [0.29, 0.717) is 29.1 Å². The number of anilines is 1. The van der Waals surface area contributed by atoms with Crippen LogP contribution in [0.2, 0.25) is 0 Å². The first-order chi connectivity index (χ1) is 16.5. The summed E-state index contributed by atoms with van der Waals surface area (Å²) in [5, 5.41) is 5.45. The van der Waals surface area contributed by atoms with Crippen LogP contribution in [-0.4, -0.2) is 26.5 Å². The van der Waals surface area contributed by atoms with Crippen molar-refractivity contribution in [3.63, 3.8) is 0 Å². The van der Waals surface area contributed by atoms with E-state index in [9.17, 15) is 13.2 Å². The van der Waals surface area contributed by atoms with Gasteiger partial charge < -0.3 is 15.4 Å². The molecule has 3 aromatic carbocycles. The highest BCUT2D eigenvalue weighted by Crippen LogP contribution is 2.36. The molecule has 0 saturated carbocycles. The second kappa shape index (κ2) is 10.2. The van der Waals surface area contributed by atoms with Gasteiger partial charge in [0.25, 0.3) is 0 Å². The molecule has 7 nitrogen and oxygen atoms in total. The molecule has 2 amide bonds. The molecule has 0 fully saturated rings. The summed E-state index contributed by atoms with van der Waals surface area (Å²) in [6.45, 7) is 0.348. The van der Waals surface area contributed by atoms with E-state index in [2.05, 4.69) is 15.6 Å². The number of ether oxygens (including phenoxy) is 1. The number of benzene rings is 3. The average Bonchev–Trinajstić information content (AvgIpc) is 2.88. The lowest BCUT2D eigenvalue weighted by Crippen LogP contribution is -2.28. The first kappa shape index (κ1) is 23.0. The van der Waals surface area contributed by atoms with Crippen molar-refractivity contribution >= 4 is 21.6 Å². The topological polar surface area (TPSA) is 97.4 Å². The van der Waals surface area contributed by atoms with Crippen LogP contribution < -0.4 is 15.4 Å². The number of nitrogens with one attached hydrogen (secondary N) is 2. The normalized spacial score (nSPS) is 11.0. The Morgan fingerprint density at radius 3 is 2.21 bits per heavy atom. The Hall–Kier alpha value is -4.17. The van der Waals surface area contributed by atoms with Gasteiger partial charge in [-0.15, -0.1) is 0 Å².